The lowest BCUT2D eigenvalue weighted by molar-refractivity contribution is -0.125. The second-order valence-electron chi connectivity index (χ2n) is 5.34. The molecule has 2 N–H and O–H groups in total. The number of carbonyl (C=O) groups is 2. The van der Waals surface area contributed by atoms with Crippen molar-refractivity contribution >= 4 is 11.9 Å². The molecule has 1 atom stereocenters. The van der Waals surface area contributed by atoms with E-state index in [0.29, 0.717) is 0 Å². The number of nitrogens with zero attached hydrogens (tertiary/aromatic N) is 2. The minimum absolute atomic E-state index is 0.0357. The Labute approximate surface area is 118 Å². The minimum Gasteiger partial charge on any atom is -0.477 e. The highest BCUT2D eigenvalue weighted by molar-refractivity contribution is 5.87. The van der Waals surface area contributed by atoms with Gasteiger partial charge in [-0.15, -0.1) is 0 Å². The minimum atomic E-state index is -1.07. The van der Waals surface area contributed by atoms with Crippen LogP contribution in [0.25, 0.3) is 0 Å². The Morgan fingerprint density at radius 3 is 2.60 bits per heavy atom. The molecule has 1 aromatic rings. The second kappa shape index (κ2) is 6.54. The van der Waals surface area contributed by atoms with Gasteiger partial charge in [-0.2, -0.15) is 5.10 Å². The fourth-order valence-electron chi connectivity index (χ4n) is 2.65. The average molecular weight is 279 g/mol. The van der Waals surface area contributed by atoms with Gasteiger partial charge >= 0.3 is 5.97 Å². The number of aromatic nitrogens is 2. The van der Waals surface area contributed by atoms with Crippen molar-refractivity contribution < 1.29 is 14.7 Å². The van der Waals surface area contributed by atoms with Crippen LogP contribution in [0.4, 0.5) is 0 Å². The Balaban J connectivity index is 2.00. The van der Waals surface area contributed by atoms with Crippen LogP contribution in [0.3, 0.4) is 0 Å². The van der Waals surface area contributed by atoms with E-state index in [0.717, 1.165) is 25.7 Å². The standard InChI is InChI=1S/C14H21N3O3/c1-10(17-12(14(19)20)8-9-15-17)13(18)16-11-6-4-2-3-5-7-11/h8-11H,2-7H2,1H3,(H,16,18)(H,19,20). The molecule has 1 heterocycles. The fraction of sp³-hybridized carbons (Fsp3) is 0.643. The van der Waals surface area contributed by atoms with Crippen LogP contribution in [0.5, 0.6) is 0 Å². The zero-order valence-corrected chi connectivity index (χ0v) is 11.7. The van der Waals surface area contributed by atoms with E-state index in [9.17, 15) is 9.59 Å². The van der Waals surface area contributed by atoms with E-state index >= 15 is 0 Å². The predicted molar refractivity (Wildman–Crippen MR) is 73.5 cm³/mol. The topological polar surface area (TPSA) is 84.2 Å². The van der Waals surface area contributed by atoms with Crippen molar-refractivity contribution in [3.8, 4) is 0 Å². The lowest BCUT2D eigenvalue weighted by Gasteiger charge is -2.20. The molecule has 20 heavy (non-hydrogen) atoms. The smallest absolute Gasteiger partial charge is 0.354 e. The van der Waals surface area contributed by atoms with E-state index in [-0.39, 0.29) is 17.6 Å². The molecule has 110 valence electrons. The van der Waals surface area contributed by atoms with E-state index in [1.165, 1.54) is 29.8 Å². The van der Waals surface area contributed by atoms with Crippen molar-refractivity contribution in [3.63, 3.8) is 0 Å². The first-order valence-corrected chi connectivity index (χ1v) is 7.17. The van der Waals surface area contributed by atoms with Crippen molar-refractivity contribution in [3.05, 3.63) is 18.0 Å². The molecule has 1 aliphatic rings. The fourth-order valence-corrected chi connectivity index (χ4v) is 2.65. The van der Waals surface area contributed by atoms with Gasteiger partial charge in [0.1, 0.15) is 11.7 Å². The third-order valence-corrected chi connectivity index (χ3v) is 3.84. The van der Waals surface area contributed by atoms with Gasteiger partial charge in [0.25, 0.3) is 0 Å². The van der Waals surface area contributed by atoms with E-state index in [2.05, 4.69) is 10.4 Å². The molecule has 0 saturated heterocycles. The summed E-state index contributed by atoms with van der Waals surface area (Å²) in [5.74, 6) is -1.24. The molecule has 1 amide bonds. The van der Waals surface area contributed by atoms with Crippen LogP contribution in [-0.4, -0.2) is 32.8 Å². The Kier molecular flexibility index (Phi) is 4.76. The van der Waals surface area contributed by atoms with Crippen LogP contribution in [0.1, 0.15) is 62.0 Å². The average Bonchev–Trinajstić information content (AvgIpc) is 2.77. The SMILES string of the molecule is CC(C(=O)NC1CCCCCC1)n1nccc1C(=O)O. The number of rotatable bonds is 4. The Bertz CT molecular complexity index is 476. The van der Waals surface area contributed by atoms with E-state index < -0.39 is 12.0 Å². The molecule has 1 unspecified atom stereocenters. The molecule has 2 rings (SSSR count). The van der Waals surface area contributed by atoms with Crippen molar-refractivity contribution in [1.29, 1.82) is 0 Å². The van der Waals surface area contributed by atoms with Crippen LogP contribution < -0.4 is 5.32 Å². The predicted octanol–water partition coefficient (Wildman–Crippen LogP) is 1.98. The second-order valence-corrected chi connectivity index (χ2v) is 5.34. The van der Waals surface area contributed by atoms with Gasteiger partial charge in [-0.05, 0) is 25.8 Å². The molecule has 0 spiro atoms. The van der Waals surface area contributed by atoms with Gasteiger partial charge in [0.15, 0.2) is 0 Å². The van der Waals surface area contributed by atoms with Crippen molar-refractivity contribution in [1.82, 2.24) is 15.1 Å². The van der Waals surface area contributed by atoms with Gasteiger partial charge in [0.2, 0.25) is 5.91 Å². The highest BCUT2D eigenvalue weighted by atomic mass is 16.4. The van der Waals surface area contributed by atoms with Crippen molar-refractivity contribution in [2.75, 3.05) is 0 Å². The molecule has 1 aromatic heterocycles. The number of amides is 1. The van der Waals surface area contributed by atoms with Crippen LogP contribution in [0, 0.1) is 0 Å². The maximum atomic E-state index is 12.2. The zero-order valence-electron chi connectivity index (χ0n) is 11.7. The van der Waals surface area contributed by atoms with Crippen molar-refractivity contribution in [2.45, 2.75) is 57.5 Å². The zero-order chi connectivity index (χ0) is 14.5. The number of nitrogens with one attached hydrogen (secondary N) is 1. The van der Waals surface area contributed by atoms with E-state index in [1.807, 2.05) is 0 Å². The summed E-state index contributed by atoms with van der Waals surface area (Å²) in [6, 6.07) is 0.994. The highest BCUT2D eigenvalue weighted by Gasteiger charge is 2.23. The van der Waals surface area contributed by atoms with Crippen molar-refractivity contribution in [2.24, 2.45) is 0 Å². The molecule has 6 nitrogen and oxygen atoms in total. The number of hydrogen-bond acceptors (Lipinski definition) is 3. The summed E-state index contributed by atoms with van der Waals surface area (Å²) in [6.07, 6.45) is 8.14. The van der Waals surface area contributed by atoms with E-state index in [4.69, 9.17) is 5.11 Å². The number of carboxylic acid groups (broad SMARTS) is 1. The highest BCUT2D eigenvalue weighted by Crippen LogP contribution is 2.18. The number of hydrogen-bond donors (Lipinski definition) is 2. The molecule has 0 aliphatic heterocycles. The molecular formula is C14H21N3O3. The molecule has 1 aliphatic carbocycles. The summed E-state index contributed by atoms with van der Waals surface area (Å²) in [5, 5.41) is 16.0. The van der Waals surface area contributed by atoms with Gasteiger partial charge in [0.05, 0.1) is 0 Å². The lowest BCUT2D eigenvalue weighted by Crippen LogP contribution is -2.39. The summed E-state index contributed by atoms with van der Waals surface area (Å²) in [6.45, 7) is 1.67. The molecule has 6 heteroatoms. The summed E-state index contributed by atoms with van der Waals surface area (Å²) < 4.78 is 1.26. The Morgan fingerprint density at radius 2 is 2.00 bits per heavy atom. The number of aromatic carboxylic acids is 1. The van der Waals surface area contributed by atoms with Gasteiger partial charge < -0.3 is 10.4 Å². The third-order valence-electron chi connectivity index (χ3n) is 3.84. The maximum absolute atomic E-state index is 12.2. The quantitative estimate of drug-likeness (QED) is 0.825. The van der Waals surface area contributed by atoms with Crippen LogP contribution >= 0.6 is 0 Å². The maximum Gasteiger partial charge on any atom is 0.354 e. The van der Waals surface area contributed by atoms with Gasteiger partial charge in [-0.25, -0.2) is 9.48 Å². The molecule has 1 saturated carbocycles. The number of carbonyl (C=O) groups excluding carboxylic acids is 1. The molecular weight excluding hydrogens is 258 g/mol. The van der Waals surface area contributed by atoms with Gasteiger partial charge in [-0.1, -0.05) is 25.7 Å². The van der Waals surface area contributed by atoms with Crippen LogP contribution in [0.15, 0.2) is 12.3 Å². The Morgan fingerprint density at radius 1 is 1.35 bits per heavy atom. The first kappa shape index (κ1) is 14.6. The van der Waals surface area contributed by atoms with Gasteiger partial charge in [-0.3, -0.25) is 4.79 Å². The molecule has 0 radical (unpaired) electrons. The Hall–Kier alpha value is -1.85. The normalized spacial score (nSPS) is 18.2. The molecule has 0 aromatic carbocycles. The lowest BCUT2D eigenvalue weighted by atomic mass is 10.1. The van der Waals surface area contributed by atoms with E-state index in [1.54, 1.807) is 6.92 Å². The van der Waals surface area contributed by atoms with Crippen LogP contribution in [-0.2, 0) is 4.79 Å². The van der Waals surface area contributed by atoms with Crippen LogP contribution in [0.2, 0.25) is 0 Å². The third kappa shape index (κ3) is 3.37. The van der Waals surface area contributed by atoms with Gasteiger partial charge in [0, 0.05) is 12.2 Å². The largest absolute Gasteiger partial charge is 0.477 e. The molecule has 0 bridgehead atoms. The molecule has 1 fully saturated rings. The monoisotopic (exact) mass is 279 g/mol. The summed E-state index contributed by atoms with van der Waals surface area (Å²) in [5.41, 5.74) is 0.0357. The number of carboxylic acids is 1. The summed E-state index contributed by atoms with van der Waals surface area (Å²) >= 11 is 0. The first-order valence-electron chi connectivity index (χ1n) is 7.17. The summed E-state index contributed by atoms with van der Waals surface area (Å²) in [7, 11) is 0. The summed E-state index contributed by atoms with van der Waals surface area (Å²) in [4.78, 5) is 23.3. The first-order chi connectivity index (χ1) is 9.59.